The van der Waals surface area contributed by atoms with Crippen LogP contribution >= 0.6 is 0 Å². The van der Waals surface area contributed by atoms with E-state index in [1.165, 1.54) is 7.11 Å². The fraction of sp³-hybridized carbons (Fsp3) is 0.667. The molecule has 1 aliphatic heterocycles. The first-order valence-electron chi connectivity index (χ1n) is 6.28. The molecular formula is C12H19FN4O. The first kappa shape index (κ1) is 13.0. The fourth-order valence-corrected chi connectivity index (χ4v) is 2.21. The summed E-state index contributed by atoms with van der Waals surface area (Å²) in [6.07, 6.45) is 3.37. The Bertz CT molecular complexity index is 402. The predicted molar refractivity (Wildman–Crippen MR) is 67.3 cm³/mol. The van der Waals surface area contributed by atoms with E-state index in [1.807, 2.05) is 0 Å². The molecule has 0 spiro atoms. The Morgan fingerprint density at radius 1 is 1.61 bits per heavy atom. The molecule has 0 aromatic carbocycles. The van der Waals surface area contributed by atoms with Gasteiger partial charge >= 0.3 is 0 Å². The Morgan fingerprint density at radius 2 is 2.44 bits per heavy atom. The number of nitrogens with zero attached hydrogens (tertiary/aromatic N) is 3. The number of anilines is 1. The maximum Gasteiger partial charge on any atom is 0.255 e. The van der Waals surface area contributed by atoms with Gasteiger partial charge in [-0.1, -0.05) is 6.92 Å². The summed E-state index contributed by atoms with van der Waals surface area (Å²) >= 11 is 0. The summed E-state index contributed by atoms with van der Waals surface area (Å²) in [4.78, 5) is 10.3. The van der Waals surface area contributed by atoms with Gasteiger partial charge in [-0.15, -0.1) is 0 Å². The molecule has 0 bridgehead atoms. The molecule has 2 rings (SSSR count). The summed E-state index contributed by atoms with van der Waals surface area (Å²) in [6, 6.07) is 0.314. The molecule has 1 unspecified atom stereocenters. The van der Waals surface area contributed by atoms with Crippen LogP contribution in [0.15, 0.2) is 6.20 Å². The standard InChI is InChI=1S/C12H19FN4O/c1-3-17-6-4-5-9(8-17)15-12-14-7-10(13)11(16-12)18-2/h7,9H,3-6,8H2,1-2H3,(H,14,15,16). The van der Waals surface area contributed by atoms with Gasteiger partial charge in [0.25, 0.3) is 5.88 Å². The van der Waals surface area contributed by atoms with Crippen LogP contribution in [0, 0.1) is 5.82 Å². The maximum atomic E-state index is 13.2. The van der Waals surface area contributed by atoms with E-state index in [-0.39, 0.29) is 5.88 Å². The molecule has 1 aliphatic rings. The highest BCUT2D eigenvalue weighted by Crippen LogP contribution is 2.17. The van der Waals surface area contributed by atoms with Crippen molar-refractivity contribution in [2.75, 3.05) is 32.1 Å². The van der Waals surface area contributed by atoms with Crippen molar-refractivity contribution in [1.29, 1.82) is 0 Å². The Kier molecular flexibility index (Phi) is 4.30. The van der Waals surface area contributed by atoms with Crippen molar-refractivity contribution < 1.29 is 9.13 Å². The summed E-state index contributed by atoms with van der Waals surface area (Å²) in [5, 5.41) is 3.24. The number of likely N-dealkylation sites (tertiary alicyclic amines) is 1. The molecular weight excluding hydrogens is 235 g/mol. The number of halogens is 1. The van der Waals surface area contributed by atoms with Gasteiger partial charge in [-0.05, 0) is 25.9 Å². The van der Waals surface area contributed by atoms with Crippen molar-refractivity contribution >= 4 is 5.95 Å². The minimum absolute atomic E-state index is 0.0179. The van der Waals surface area contributed by atoms with E-state index in [4.69, 9.17) is 4.74 Å². The quantitative estimate of drug-likeness (QED) is 0.883. The summed E-state index contributed by atoms with van der Waals surface area (Å²) in [6.45, 7) is 5.31. The SMILES string of the molecule is CCN1CCCC(Nc2ncc(F)c(OC)n2)C1. The van der Waals surface area contributed by atoms with Gasteiger partial charge in [0.2, 0.25) is 11.8 Å². The van der Waals surface area contributed by atoms with Crippen molar-refractivity contribution in [2.45, 2.75) is 25.8 Å². The zero-order valence-corrected chi connectivity index (χ0v) is 10.8. The fourth-order valence-electron chi connectivity index (χ4n) is 2.21. The van der Waals surface area contributed by atoms with E-state index < -0.39 is 5.82 Å². The second-order valence-electron chi connectivity index (χ2n) is 4.43. The van der Waals surface area contributed by atoms with Crippen molar-refractivity contribution in [2.24, 2.45) is 0 Å². The van der Waals surface area contributed by atoms with Gasteiger partial charge in [-0.25, -0.2) is 4.98 Å². The second-order valence-corrected chi connectivity index (χ2v) is 4.43. The lowest BCUT2D eigenvalue weighted by Gasteiger charge is -2.32. The molecule has 100 valence electrons. The Morgan fingerprint density at radius 3 is 3.17 bits per heavy atom. The molecule has 0 amide bonds. The van der Waals surface area contributed by atoms with Crippen molar-refractivity contribution in [3.8, 4) is 5.88 Å². The van der Waals surface area contributed by atoms with Gasteiger partial charge in [-0.2, -0.15) is 9.37 Å². The third kappa shape index (κ3) is 3.07. The lowest BCUT2D eigenvalue weighted by Crippen LogP contribution is -2.42. The Labute approximate surface area is 106 Å². The van der Waals surface area contributed by atoms with Crippen LogP contribution in [0.5, 0.6) is 5.88 Å². The van der Waals surface area contributed by atoms with E-state index in [1.54, 1.807) is 0 Å². The molecule has 1 N–H and O–H groups in total. The minimum atomic E-state index is -0.540. The number of ether oxygens (including phenoxy) is 1. The van der Waals surface area contributed by atoms with Gasteiger partial charge < -0.3 is 15.0 Å². The van der Waals surface area contributed by atoms with Gasteiger partial charge in [0, 0.05) is 12.6 Å². The zero-order chi connectivity index (χ0) is 13.0. The smallest absolute Gasteiger partial charge is 0.255 e. The number of piperidine rings is 1. The van der Waals surface area contributed by atoms with Crippen LogP contribution in [0.25, 0.3) is 0 Å². The second kappa shape index (κ2) is 5.95. The number of methoxy groups -OCH3 is 1. The van der Waals surface area contributed by atoms with E-state index in [0.29, 0.717) is 12.0 Å². The molecule has 2 heterocycles. The molecule has 18 heavy (non-hydrogen) atoms. The number of rotatable bonds is 4. The number of hydrogen-bond acceptors (Lipinski definition) is 5. The van der Waals surface area contributed by atoms with Crippen molar-refractivity contribution in [1.82, 2.24) is 14.9 Å². The lowest BCUT2D eigenvalue weighted by molar-refractivity contribution is 0.226. The molecule has 1 fully saturated rings. The molecule has 1 aromatic heterocycles. The maximum absolute atomic E-state index is 13.2. The van der Waals surface area contributed by atoms with Gasteiger partial charge in [0.1, 0.15) is 0 Å². The van der Waals surface area contributed by atoms with Crippen LogP contribution in [0.1, 0.15) is 19.8 Å². The molecule has 6 heteroatoms. The lowest BCUT2D eigenvalue weighted by atomic mass is 10.1. The molecule has 1 aromatic rings. The highest BCUT2D eigenvalue weighted by atomic mass is 19.1. The van der Waals surface area contributed by atoms with Crippen LogP contribution in [0.3, 0.4) is 0 Å². The number of likely N-dealkylation sites (N-methyl/N-ethyl adjacent to an activating group) is 1. The molecule has 0 aliphatic carbocycles. The molecule has 0 radical (unpaired) electrons. The summed E-state index contributed by atoms with van der Waals surface area (Å²) < 4.78 is 18.0. The molecule has 1 atom stereocenters. The van der Waals surface area contributed by atoms with Crippen LogP contribution in [-0.4, -0.2) is 47.7 Å². The first-order valence-corrected chi connectivity index (χ1v) is 6.28. The van der Waals surface area contributed by atoms with Gasteiger partial charge in [0.05, 0.1) is 13.3 Å². The van der Waals surface area contributed by atoms with Crippen molar-refractivity contribution in [3.05, 3.63) is 12.0 Å². The highest BCUT2D eigenvalue weighted by molar-refractivity contribution is 5.30. The average molecular weight is 254 g/mol. The van der Waals surface area contributed by atoms with Crippen LogP contribution < -0.4 is 10.1 Å². The first-order chi connectivity index (χ1) is 8.72. The van der Waals surface area contributed by atoms with Crippen LogP contribution in [0.4, 0.5) is 10.3 Å². The van der Waals surface area contributed by atoms with E-state index >= 15 is 0 Å². The number of aromatic nitrogens is 2. The van der Waals surface area contributed by atoms with E-state index in [2.05, 4.69) is 27.1 Å². The third-order valence-electron chi connectivity index (χ3n) is 3.19. The monoisotopic (exact) mass is 254 g/mol. The molecule has 1 saturated heterocycles. The minimum Gasteiger partial charge on any atom is -0.479 e. The molecule has 5 nitrogen and oxygen atoms in total. The van der Waals surface area contributed by atoms with Crippen molar-refractivity contribution in [3.63, 3.8) is 0 Å². The van der Waals surface area contributed by atoms with E-state index in [0.717, 1.165) is 38.7 Å². The summed E-state index contributed by atoms with van der Waals surface area (Å²) in [5.41, 5.74) is 0. The Balaban J connectivity index is 2.00. The van der Waals surface area contributed by atoms with Gasteiger partial charge in [-0.3, -0.25) is 0 Å². The number of nitrogens with one attached hydrogen (secondary N) is 1. The molecule has 0 saturated carbocycles. The summed E-state index contributed by atoms with van der Waals surface area (Å²) in [5.74, 6) is -0.131. The largest absolute Gasteiger partial charge is 0.479 e. The number of hydrogen-bond donors (Lipinski definition) is 1. The topological polar surface area (TPSA) is 50.3 Å². The zero-order valence-electron chi connectivity index (χ0n) is 10.8. The van der Waals surface area contributed by atoms with Crippen LogP contribution in [0.2, 0.25) is 0 Å². The third-order valence-corrected chi connectivity index (χ3v) is 3.19. The van der Waals surface area contributed by atoms with Gasteiger partial charge in [0.15, 0.2) is 0 Å². The highest BCUT2D eigenvalue weighted by Gasteiger charge is 2.19. The normalized spacial score (nSPS) is 20.7. The average Bonchev–Trinajstić information content (AvgIpc) is 2.41. The summed E-state index contributed by atoms with van der Waals surface area (Å²) in [7, 11) is 1.40. The Hall–Kier alpha value is -1.43. The van der Waals surface area contributed by atoms with Crippen LogP contribution in [-0.2, 0) is 0 Å². The predicted octanol–water partition coefficient (Wildman–Crippen LogP) is 1.52. The van der Waals surface area contributed by atoms with E-state index in [9.17, 15) is 4.39 Å².